The van der Waals surface area contributed by atoms with Gasteiger partial charge in [-0.25, -0.2) is 0 Å². The molecule has 0 saturated carbocycles. The first-order valence-electron chi connectivity index (χ1n) is 5.81. The number of hydrogen-bond acceptors (Lipinski definition) is 3. The van der Waals surface area contributed by atoms with E-state index in [0.717, 1.165) is 0 Å². The zero-order chi connectivity index (χ0) is 12.8. The largest absolute Gasteiger partial charge is 0.339 e. The molecule has 1 aliphatic heterocycles. The fourth-order valence-electron chi connectivity index (χ4n) is 1.81. The van der Waals surface area contributed by atoms with Gasteiger partial charge in [0.1, 0.15) is 0 Å². The molecule has 2 amide bonds. The summed E-state index contributed by atoms with van der Waals surface area (Å²) in [5, 5.41) is 0. The summed E-state index contributed by atoms with van der Waals surface area (Å²) >= 11 is 5.53. The highest BCUT2D eigenvalue weighted by Crippen LogP contribution is 2.05. The second-order valence-corrected chi connectivity index (χ2v) is 4.82. The Hall–Kier alpha value is -0.810. The predicted octanol–water partition coefficient (Wildman–Crippen LogP) is -0.152. The number of halogens is 1. The van der Waals surface area contributed by atoms with Gasteiger partial charge in [-0.1, -0.05) is 0 Å². The number of nitrogens with zero attached hydrogens (tertiary/aromatic N) is 3. The van der Waals surface area contributed by atoms with E-state index >= 15 is 0 Å². The summed E-state index contributed by atoms with van der Waals surface area (Å²) in [5.74, 6) is 0.567. The average Bonchev–Trinajstić information content (AvgIpc) is 2.28. The maximum absolute atomic E-state index is 11.8. The Bertz CT molecular complexity index is 276. The van der Waals surface area contributed by atoms with Crippen molar-refractivity contribution >= 4 is 23.4 Å². The quantitative estimate of drug-likeness (QED) is 0.661. The van der Waals surface area contributed by atoms with E-state index in [9.17, 15) is 9.59 Å². The zero-order valence-electron chi connectivity index (χ0n) is 10.5. The normalized spacial score (nSPS) is 16.5. The molecular formula is C11H20ClN3O2. The molecule has 1 aliphatic rings. The molecule has 1 rings (SSSR count). The smallest absolute Gasteiger partial charge is 0.236 e. The second-order valence-electron chi connectivity index (χ2n) is 4.44. The van der Waals surface area contributed by atoms with E-state index in [4.69, 9.17) is 11.6 Å². The van der Waals surface area contributed by atoms with Gasteiger partial charge in [0, 0.05) is 38.5 Å². The summed E-state index contributed by atoms with van der Waals surface area (Å²) in [7, 11) is 3.75. The molecular weight excluding hydrogens is 242 g/mol. The second kappa shape index (κ2) is 6.81. The molecule has 0 unspecified atom stereocenters. The number of amides is 2. The van der Waals surface area contributed by atoms with Crippen LogP contribution in [-0.2, 0) is 9.59 Å². The lowest BCUT2D eigenvalue weighted by molar-refractivity contribution is -0.139. The van der Waals surface area contributed by atoms with Crippen molar-refractivity contribution in [3.05, 3.63) is 0 Å². The summed E-state index contributed by atoms with van der Waals surface area (Å²) in [4.78, 5) is 28.8. The van der Waals surface area contributed by atoms with Crippen LogP contribution < -0.4 is 0 Å². The van der Waals surface area contributed by atoms with Gasteiger partial charge < -0.3 is 14.7 Å². The molecule has 0 aromatic rings. The number of alkyl halides is 1. The van der Waals surface area contributed by atoms with Gasteiger partial charge in [-0.15, -0.1) is 11.6 Å². The minimum absolute atomic E-state index is 0.0831. The Kier molecular flexibility index (Phi) is 5.71. The molecule has 0 atom stereocenters. The van der Waals surface area contributed by atoms with E-state index in [2.05, 4.69) is 0 Å². The van der Waals surface area contributed by atoms with Crippen LogP contribution in [0.2, 0.25) is 0 Å². The van der Waals surface area contributed by atoms with Crippen LogP contribution in [0, 0.1) is 0 Å². The topological polar surface area (TPSA) is 43.9 Å². The zero-order valence-corrected chi connectivity index (χ0v) is 11.2. The third-order valence-corrected chi connectivity index (χ3v) is 2.93. The van der Waals surface area contributed by atoms with E-state index in [1.807, 2.05) is 23.9 Å². The Labute approximate surface area is 107 Å². The summed E-state index contributed by atoms with van der Waals surface area (Å²) < 4.78 is 0. The number of likely N-dealkylation sites (N-methyl/N-ethyl adjacent to an activating group) is 1. The number of rotatable bonds is 4. The standard InChI is InChI=1S/C11H20ClN3O2/c1-13(2)9-11(17)15-7-5-14(6-8-15)10(16)3-4-12/h3-9H2,1-2H3. The Morgan fingerprint density at radius 1 is 1.06 bits per heavy atom. The van der Waals surface area contributed by atoms with Crippen LogP contribution in [0.3, 0.4) is 0 Å². The lowest BCUT2D eigenvalue weighted by Crippen LogP contribution is -2.52. The molecule has 0 spiro atoms. The van der Waals surface area contributed by atoms with Crippen LogP contribution in [0.25, 0.3) is 0 Å². The summed E-state index contributed by atoms with van der Waals surface area (Å²) in [6.07, 6.45) is 0.382. The van der Waals surface area contributed by atoms with Gasteiger partial charge in [0.15, 0.2) is 0 Å². The molecule has 1 heterocycles. The average molecular weight is 262 g/mol. The van der Waals surface area contributed by atoms with Crippen LogP contribution >= 0.6 is 11.6 Å². The van der Waals surface area contributed by atoms with E-state index in [1.54, 1.807) is 4.90 Å². The number of piperazine rings is 1. The Morgan fingerprint density at radius 2 is 1.53 bits per heavy atom. The first-order valence-corrected chi connectivity index (χ1v) is 6.34. The molecule has 6 heteroatoms. The van der Waals surface area contributed by atoms with Gasteiger partial charge in [-0.2, -0.15) is 0 Å². The van der Waals surface area contributed by atoms with Gasteiger partial charge in [-0.05, 0) is 14.1 Å². The first-order chi connectivity index (χ1) is 8.04. The molecule has 0 aliphatic carbocycles. The minimum Gasteiger partial charge on any atom is -0.339 e. The third kappa shape index (κ3) is 4.52. The first kappa shape index (κ1) is 14.3. The van der Waals surface area contributed by atoms with E-state index < -0.39 is 0 Å². The maximum atomic E-state index is 11.8. The Balaban J connectivity index is 2.35. The van der Waals surface area contributed by atoms with Crippen LogP contribution in [0.4, 0.5) is 0 Å². The SMILES string of the molecule is CN(C)CC(=O)N1CCN(C(=O)CCCl)CC1. The number of carbonyl (C=O) groups excluding carboxylic acids is 2. The highest BCUT2D eigenvalue weighted by Gasteiger charge is 2.23. The fraction of sp³-hybridized carbons (Fsp3) is 0.818. The van der Waals surface area contributed by atoms with Gasteiger partial charge in [0.25, 0.3) is 0 Å². The molecule has 17 heavy (non-hydrogen) atoms. The molecule has 0 radical (unpaired) electrons. The predicted molar refractivity (Wildman–Crippen MR) is 67.1 cm³/mol. The fourth-order valence-corrected chi connectivity index (χ4v) is 1.98. The number of hydrogen-bond donors (Lipinski definition) is 0. The van der Waals surface area contributed by atoms with Crippen molar-refractivity contribution in [2.45, 2.75) is 6.42 Å². The van der Waals surface area contributed by atoms with Crippen LogP contribution in [-0.4, -0.2) is 79.2 Å². The molecule has 1 saturated heterocycles. The van der Waals surface area contributed by atoms with Crippen molar-refractivity contribution in [3.8, 4) is 0 Å². The summed E-state index contributed by atoms with van der Waals surface area (Å²) in [6.45, 7) is 2.92. The highest BCUT2D eigenvalue weighted by atomic mass is 35.5. The molecule has 0 bridgehead atoms. The van der Waals surface area contributed by atoms with Crippen molar-refractivity contribution < 1.29 is 9.59 Å². The van der Waals surface area contributed by atoms with E-state index in [0.29, 0.717) is 45.0 Å². The van der Waals surface area contributed by atoms with Crippen molar-refractivity contribution in [2.75, 3.05) is 52.7 Å². The van der Waals surface area contributed by atoms with Gasteiger partial charge >= 0.3 is 0 Å². The van der Waals surface area contributed by atoms with Gasteiger partial charge in [-0.3, -0.25) is 9.59 Å². The van der Waals surface area contributed by atoms with Crippen molar-refractivity contribution in [1.82, 2.24) is 14.7 Å². The molecule has 0 N–H and O–H groups in total. The third-order valence-electron chi connectivity index (χ3n) is 2.74. The lowest BCUT2D eigenvalue weighted by Gasteiger charge is -2.35. The van der Waals surface area contributed by atoms with Crippen molar-refractivity contribution in [2.24, 2.45) is 0 Å². The minimum atomic E-state index is 0.0831. The molecule has 5 nitrogen and oxygen atoms in total. The molecule has 0 aromatic heterocycles. The van der Waals surface area contributed by atoms with Crippen molar-refractivity contribution in [3.63, 3.8) is 0 Å². The van der Waals surface area contributed by atoms with Gasteiger partial charge in [0.2, 0.25) is 11.8 Å². The van der Waals surface area contributed by atoms with Crippen LogP contribution in [0.1, 0.15) is 6.42 Å². The van der Waals surface area contributed by atoms with E-state index in [1.165, 1.54) is 0 Å². The van der Waals surface area contributed by atoms with E-state index in [-0.39, 0.29) is 11.8 Å². The molecule has 1 fully saturated rings. The van der Waals surface area contributed by atoms with Crippen LogP contribution in [0.5, 0.6) is 0 Å². The number of carbonyl (C=O) groups is 2. The van der Waals surface area contributed by atoms with Gasteiger partial charge in [0.05, 0.1) is 6.54 Å². The highest BCUT2D eigenvalue weighted by molar-refractivity contribution is 6.18. The molecule has 98 valence electrons. The monoisotopic (exact) mass is 261 g/mol. The maximum Gasteiger partial charge on any atom is 0.236 e. The molecule has 0 aromatic carbocycles. The lowest BCUT2D eigenvalue weighted by atomic mass is 10.3. The summed E-state index contributed by atoms with van der Waals surface area (Å²) in [5.41, 5.74) is 0. The summed E-state index contributed by atoms with van der Waals surface area (Å²) in [6, 6.07) is 0. The van der Waals surface area contributed by atoms with Crippen molar-refractivity contribution in [1.29, 1.82) is 0 Å². The Morgan fingerprint density at radius 3 is 1.94 bits per heavy atom. The van der Waals surface area contributed by atoms with Crippen LogP contribution in [0.15, 0.2) is 0 Å².